The Morgan fingerprint density at radius 1 is 0.577 bits per heavy atom. The van der Waals surface area contributed by atoms with Crippen molar-refractivity contribution in [2.24, 2.45) is 0 Å². The summed E-state index contributed by atoms with van der Waals surface area (Å²) >= 11 is 0. The standard InChI is InChI=1S/C7H12F2O.C4H6F2O.C3H5FO.C3H5F/c1-5-2-6(8)3-7(9)4-10-5;5-3-1-4(6)7-2-3;4-3-1-5-2-3;4-3-1-2-3/h5-7H,2-4H2,1H3;3-4H,1-2H2;3H,1-2H2;3H,1-2H2. The van der Waals surface area contributed by atoms with Crippen molar-refractivity contribution in [3.8, 4) is 0 Å². The van der Waals surface area contributed by atoms with Gasteiger partial charge >= 0.3 is 0 Å². The fourth-order valence-electron chi connectivity index (χ4n) is 1.95. The maximum Gasteiger partial charge on any atom is 0.201 e. The first kappa shape index (κ1) is 23.5. The van der Waals surface area contributed by atoms with Gasteiger partial charge in [0.25, 0.3) is 0 Å². The summed E-state index contributed by atoms with van der Waals surface area (Å²) in [6, 6.07) is 0. The lowest BCUT2D eigenvalue weighted by Crippen LogP contribution is -2.28. The molecule has 1 saturated carbocycles. The Morgan fingerprint density at radius 3 is 1.38 bits per heavy atom. The highest BCUT2D eigenvalue weighted by molar-refractivity contribution is 4.71. The fourth-order valence-corrected chi connectivity index (χ4v) is 1.95. The van der Waals surface area contributed by atoms with Crippen LogP contribution in [0.5, 0.6) is 0 Å². The lowest BCUT2D eigenvalue weighted by molar-refractivity contribution is -0.0497. The van der Waals surface area contributed by atoms with Gasteiger partial charge in [0.2, 0.25) is 6.36 Å². The Morgan fingerprint density at radius 2 is 1.08 bits per heavy atom. The first-order valence-corrected chi connectivity index (χ1v) is 8.91. The highest BCUT2D eigenvalue weighted by atomic mass is 19.2. The number of halogens is 6. The molecule has 0 aromatic heterocycles. The third kappa shape index (κ3) is 12.8. The second-order valence-electron chi connectivity index (χ2n) is 6.70. The van der Waals surface area contributed by atoms with Crippen LogP contribution in [0.1, 0.15) is 39.0 Å². The van der Waals surface area contributed by atoms with Crippen molar-refractivity contribution >= 4 is 0 Å². The van der Waals surface area contributed by atoms with E-state index < -0.39 is 37.2 Å². The monoisotopic (exact) mass is 394 g/mol. The Balaban J connectivity index is 0.000000184. The molecular formula is C17H28F6O3. The molecule has 156 valence electrons. The molecule has 0 amide bonds. The zero-order chi connectivity index (χ0) is 19.5. The van der Waals surface area contributed by atoms with Crippen molar-refractivity contribution in [3.05, 3.63) is 0 Å². The summed E-state index contributed by atoms with van der Waals surface area (Å²) in [6.45, 7) is 2.40. The molecule has 3 heterocycles. The number of hydrogen-bond donors (Lipinski definition) is 0. The van der Waals surface area contributed by atoms with Crippen LogP contribution in [-0.4, -0.2) is 69.7 Å². The van der Waals surface area contributed by atoms with Crippen LogP contribution in [0.25, 0.3) is 0 Å². The quantitative estimate of drug-likeness (QED) is 0.571. The molecule has 0 N–H and O–H groups in total. The van der Waals surface area contributed by atoms with E-state index in [1.807, 2.05) is 0 Å². The molecule has 4 aliphatic rings. The summed E-state index contributed by atoms with van der Waals surface area (Å²) in [5, 5.41) is 0. The molecule has 0 radical (unpaired) electrons. The van der Waals surface area contributed by atoms with Crippen molar-refractivity contribution in [1.29, 1.82) is 0 Å². The van der Waals surface area contributed by atoms with E-state index in [0.717, 1.165) is 12.8 Å². The molecule has 1 aliphatic carbocycles. The average molecular weight is 394 g/mol. The van der Waals surface area contributed by atoms with Crippen LogP contribution in [0, 0.1) is 0 Å². The smallest absolute Gasteiger partial charge is 0.201 e. The molecule has 26 heavy (non-hydrogen) atoms. The summed E-state index contributed by atoms with van der Waals surface area (Å²) in [7, 11) is 0. The zero-order valence-electron chi connectivity index (χ0n) is 14.9. The van der Waals surface area contributed by atoms with Gasteiger partial charge in [-0.2, -0.15) is 0 Å². The van der Waals surface area contributed by atoms with Gasteiger partial charge in [-0.15, -0.1) is 0 Å². The number of ether oxygens (including phenoxy) is 3. The molecule has 0 bridgehead atoms. The molecule has 0 aromatic carbocycles. The molecule has 0 spiro atoms. The summed E-state index contributed by atoms with van der Waals surface area (Å²) in [5.74, 6) is 0. The van der Waals surface area contributed by atoms with Crippen LogP contribution in [0.3, 0.4) is 0 Å². The summed E-state index contributed by atoms with van der Waals surface area (Å²) in [4.78, 5) is 0. The molecule has 9 heteroatoms. The van der Waals surface area contributed by atoms with Crippen LogP contribution in [-0.2, 0) is 14.2 Å². The van der Waals surface area contributed by atoms with Crippen LogP contribution in [0.15, 0.2) is 0 Å². The van der Waals surface area contributed by atoms with Crippen LogP contribution < -0.4 is 0 Å². The first-order chi connectivity index (χ1) is 12.3. The predicted octanol–water partition coefficient (Wildman–Crippen LogP) is 4.37. The predicted molar refractivity (Wildman–Crippen MR) is 84.6 cm³/mol. The van der Waals surface area contributed by atoms with E-state index in [2.05, 4.69) is 9.47 Å². The van der Waals surface area contributed by atoms with Gasteiger partial charge in [0.15, 0.2) is 0 Å². The van der Waals surface area contributed by atoms with Crippen LogP contribution in [0.4, 0.5) is 26.3 Å². The lowest BCUT2D eigenvalue weighted by atomic mass is 10.1. The van der Waals surface area contributed by atoms with Gasteiger partial charge in [-0.3, -0.25) is 0 Å². The zero-order valence-corrected chi connectivity index (χ0v) is 14.9. The average Bonchev–Trinajstić information content (AvgIpc) is 3.25. The van der Waals surface area contributed by atoms with Crippen molar-refractivity contribution < 1.29 is 40.6 Å². The molecule has 0 aromatic rings. The van der Waals surface area contributed by atoms with Gasteiger partial charge in [-0.1, -0.05) is 0 Å². The SMILES string of the molecule is CC1CC(F)CC(F)CO1.FC1CC1.FC1COC(F)C1.FC1COC1. The Labute approximate surface area is 150 Å². The number of alkyl halides is 6. The van der Waals surface area contributed by atoms with E-state index in [4.69, 9.17) is 4.74 Å². The Kier molecular flexibility index (Phi) is 11.5. The van der Waals surface area contributed by atoms with Crippen molar-refractivity contribution in [2.75, 3.05) is 26.4 Å². The second-order valence-corrected chi connectivity index (χ2v) is 6.70. The van der Waals surface area contributed by atoms with Gasteiger partial charge in [0.05, 0.1) is 32.5 Å². The molecular weight excluding hydrogens is 366 g/mol. The minimum Gasteiger partial charge on any atom is -0.375 e. The molecule has 3 aliphatic heterocycles. The Hall–Kier alpha value is -0.540. The van der Waals surface area contributed by atoms with E-state index in [0.29, 0.717) is 19.6 Å². The van der Waals surface area contributed by atoms with Crippen molar-refractivity contribution in [2.45, 2.75) is 82.3 Å². The largest absolute Gasteiger partial charge is 0.375 e. The highest BCUT2D eigenvalue weighted by Gasteiger charge is 2.24. The summed E-state index contributed by atoms with van der Waals surface area (Å²) < 4.78 is 84.8. The summed E-state index contributed by atoms with van der Waals surface area (Å²) in [6.07, 6.45) is -3.87. The van der Waals surface area contributed by atoms with E-state index >= 15 is 0 Å². The van der Waals surface area contributed by atoms with Crippen molar-refractivity contribution in [3.63, 3.8) is 0 Å². The second kappa shape index (κ2) is 12.8. The minimum atomic E-state index is -1.35. The van der Waals surface area contributed by atoms with Crippen LogP contribution in [0.2, 0.25) is 0 Å². The molecule has 5 atom stereocenters. The maximum atomic E-state index is 12.6. The van der Waals surface area contributed by atoms with Gasteiger partial charge in [0.1, 0.15) is 30.9 Å². The first-order valence-electron chi connectivity index (χ1n) is 8.91. The van der Waals surface area contributed by atoms with E-state index in [9.17, 15) is 26.3 Å². The topological polar surface area (TPSA) is 27.7 Å². The summed E-state index contributed by atoms with van der Waals surface area (Å²) in [5.41, 5.74) is 0. The highest BCUT2D eigenvalue weighted by Crippen LogP contribution is 2.22. The third-order valence-corrected chi connectivity index (χ3v) is 3.66. The van der Waals surface area contributed by atoms with Gasteiger partial charge in [-0.05, 0) is 19.8 Å². The van der Waals surface area contributed by atoms with E-state index in [1.54, 1.807) is 6.92 Å². The van der Waals surface area contributed by atoms with Crippen molar-refractivity contribution in [1.82, 2.24) is 0 Å². The normalized spacial score (nSPS) is 36.8. The molecule has 3 saturated heterocycles. The van der Waals surface area contributed by atoms with E-state index in [1.165, 1.54) is 0 Å². The minimum absolute atomic E-state index is 0.00431. The Bertz CT molecular complexity index is 337. The van der Waals surface area contributed by atoms with Crippen LogP contribution >= 0.6 is 0 Å². The van der Waals surface area contributed by atoms with Gasteiger partial charge in [-0.25, -0.2) is 26.3 Å². The van der Waals surface area contributed by atoms with Gasteiger partial charge in [0, 0.05) is 19.3 Å². The number of rotatable bonds is 0. The molecule has 3 nitrogen and oxygen atoms in total. The maximum absolute atomic E-state index is 12.6. The number of hydrogen-bond acceptors (Lipinski definition) is 3. The molecule has 5 unspecified atom stereocenters. The lowest BCUT2D eigenvalue weighted by Gasteiger charge is -2.16. The fraction of sp³-hybridized carbons (Fsp3) is 1.00. The van der Waals surface area contributed by atoms with E-state index in [-0.39, 0.29) is 32.2 Å². The third-order valence-electron chi connectivity index (χ3n) is 3.66. The molecule has 4 rings (SSSR count). The van der Waals surface area contributed by atoms with Gasteiger partial charge < -0.3 is 14.2 Å². The molecule has 4 fully saturated rings.